The maximum atomic E-state index is 13.7. The van der Waals surface area contributed by atoms with Crippen LogP contribution in [0, 0.1) is 6.92 Å². The molecule has 1 fully saturated rings. The number of rotatable bonds is 5. The van der Waals surface area contributed by atoms with Gasteiger partial charge in [0.15, 0.2) is 5.65 Å². The summed E-state index contributed by atoms with van der Waals surface area (Å²) in [5, 5.41) is 8.34. The van der Waals surface area contributed by atoms with E-state index in [0.717, 1.165) is 40.7 Å². The second-order valence-corrected chi connectivity index (χ2v) is 8.80. The summed E-state index contributed by atoms with van der Waals surface area (Å²) in [5.74, 6) is -0.0124. The third-order valence-electron chi connectivity index (χ3n) is 6.10. The highest BCUT2D eigenvalue weighted by Gasteiger charge is 2.28. The summed E-state index contributed by atoms with van der Waals surface area (Å²) in [5.41, 5.74) is 4.22. The molecule has 2 aromatic heterocycles. The third kappa shape index (κ3) is 4.24. The third-order valence-corrected chi connectivity index (χ3v) is 6.10. The van der Waals surface area contributed by atoms with E-state index in [-0.39, 0.29) is 23.9 Å². The molecule has 32 heavy (non-hydrogen) atoms. The van der Waals surface area contributed by atoms with Gasteiger partial charge in [-0.05, 0) is 45.2 Å². The maximum Gasteiger partial charge on any atom is 0.254 e. The largest absolute Gasteiger partial charge is 0.352 e. The summed E-state index contributed by atoms with van der Waals surface area (Å²) in [4.78, 5) is 32.3. The molecule has 1 saturated heterocycles. The fraction of sp³-hybridized carbons (Fsp3) is 0.440. The van der Waals surface area contributed by atoms with Crippen LogP contribution >= 0.6 is 0 Å². The number of carbonyl (C=O) groups is 2. The monoisotopic (exact) mass is 433 g/mol. The molecule has 4 rings (SSSR count). The van der Waals surface area contributed by atoms with Crippen LogP contribution in [0.15, 0.2) is 36.5 Å². The van der Waals surface area contributed by atoms with Crippen molar-refractivity contribution in [1.82, 2.24) is 25.0 Å². The highest BCUT2D eigenvalue weighted by atomic mass is 16.2. The molecule has 0 spiro atoms. The molecule has 1 aliphatic rings. The number of nitrogens with zero attached hydrogens (tertiary/aromatic N) is 4. The lowest BCUT2D eigenvalue weighted by Gasteiger charge is -2.33. The molecule has 1 N–H and O–H groups in total. The second kappa shape index (κ2) is 9.10. The number of likely N-dealkylation sites (tertiary alicyclic amines) is 1. The number of piperidine rings is 1. The number of hydrogen-bond acceptors (Lipinski definition) is 4. The van der Waals surface area contributed by atoms with E-state index in [2.05, 4.69) is 24.3 Å². The highest BCUT2D eigenvalue weighted by Crippen LogP contribution is 2.29. The van der Waals surface area contributed by atoms with Gasteiger partial charge in [0.2, 0.25) is 5.91 Å². The minimum absolute atomic E-state index is 0.00768. The Balaban J connectivity index is 1.76. The average molecular weight is 434 g/mol. The van der Waals surface area contributed by atoms with E-state index in [1.165, 1.54) is 0 Å². The summed E-state index contributed by atoms with van der Waals surface area (Å²) < 4.78 is 1.87. The normalized spacial score (nSPS) is 16.5. The van der Waals surface area contributed by atoms with Crippen LogP contribution in [0.4, 0.5) is 0 Å². The Morgan fingerprint density at radius 1 is 1.25 bits per heavy atom. The van der Waals surface area contributed by atoms with Crippen molar-refractivity contribution in [2.24, 2.45) is 0 Å². The van der Waals surface area contributed by atoms with E-state index in [4.69, 9.17) is 4.98 Å². The molecule has 7 heteroatoms. The Kier molecular flexibility index (Phi) is 6.26. The predicted molar refractivity (Wildman–Crippen MR) is 125 cm³/mol. The van der Waals surface area contributed by atoms with Crippen LogP contribution in [0.25, 0.3) is 22.3 Å². The molecule has 0 saturated carbocycles. The van der Waals surface area contributed by atoms with E-state index in [1.807, 2.05) is 53.8 Å². The van der Waals surface area contributed by atoms with Crippen molar-refractivity contribution in [3.63, 3.8) is 0 Å². The zero-order chi connectivity index (χ0) is 22.8. The molecule has 2 amide bonds. The number of nitrogens with one attached hydrogen (secondary N) is 1. The zero-order valence-corrected chi connectivity index (χ0v) is 19.3. The number of aryl methyl sites for hydroxylation is 1. The van der Waals surface area contributed by atoms with Crippen molar-refractivity contribution in [2.75, 3.05) is 13.1 Å². The smallest absolute Gasteiger partial charge is 0.254 e. The van der Waals surface area contributed by atoms with Gasteiger partial charge in [0.1, 0.15) is 0 Å². The quantitative estimate of drug-likeness (QED) is 0.656. The average Bonchev–Trinajstić information content (AvgIpc) is 3.23. The highest BCUT2D eigenvalue weighted by molar-refractivity contribution is 6.06. The minimum atomic E-state index is -0.0361. The molecule has 3 aromatic rings. The summed E-state index contributed by atoms with van der Waals surface area (Å²) >= 11 is 0. The van der Waals surface area contributed by atoms with Crippen molar-refractivity contribution in [1.29, 1.82) is 0 Å². The lowest BCUT2D eigenvalue weighted by molar-refractivity contribution is -0.121. The summed E-state index contributed by atoms with van der Waals surface area (Å²) in [6.45, 7) is 9.21. The van der Waals surface area contributed by atoms with Crippen LogP contribution in [0.3, 0.4) is 0 Å². The van der Waals surface area contributed by atoms with Crippen LogP contribution in [-0.2, 0) is 4.79 Å². The van der Waals surface area contributed by atoms with Crippen molar-refractivity contribution in [3.8, 4) is 11.3 Å². The van der Waals surface area contributed by atoms with Gasteiger partial charge in [0.25, 0.3) is 5.91 Å². The van der Waals surface area contributed by atoms with Gasteiger partial charge in [-0.2, -0.15) is 5.10 Å². The molecule has 0 bridgehead atoms. The molecule has 1 atom stereocenters. The van der Waals surface area contributed by atoms with E-state index in [9.17, 15) is 9.59 Å². The summed E-state index contributed by atoms with van der Waals surface area (Å²) in [6.07, 6.45) is 3.95. The Bertz CT molecular complexity index is 1150. The van der Waals surface area contributed by atoms with Crippen molar-refractivity contribution < 1.29 is 9.59 Å². The van der Waals surface area contributed by atoms with Crippen LogP contribution in [0.2, 0.25) is 0 Å². The first-order valence-corrected chi connectivity index (χ1v) is 11.4. The van der Waals surface area contributed by atoms with Crippen molar-refractivity contribution in [2.45, 2.75) is 59.0 Å². The number of aromatic nitrogens is 3. The standard InChI is InChI=1S/C25H31N5O2/c1-5-23(31)27-18-10-8-12-29(15-18)25(32)20-13-22(19-11-7-6-9-17(19)4)28-24-21(20)14-26-30(24)16(2)3/h6-7,9,11,13-14,16,18H,5,8,10,12,15H2,1-4H3,(H,27,31). The maximum absolute atomic E-state index is 13.7. The van der Waals surface area contributed by atoms with Gasteiger partial charge in [-0.1, -0.05) is 31.2 Å². The van der Waals surface area contributed by atoms with Gasteiger partial charge in [0.05, 0.1) is 22.8 Å². The minimum Gasteiger partial charge on any atom is -0.352 e. The first-order chi connectivity index (χ1) is 15.4. The van der Waals surface area contributed by atoms with Crippen LogP contribution in [0.1, 0.15) is 62.0 Å². The molecule has 3 heterocycles. The Morgan fingerprint density at radius 3 is 2.75 bits per heavy atom. The van der Waals surface area contributed by atoms with E-state index >= 15 is 0 Å². The van der Waals surface area contributed by atoms with Gasteiger partial charge in [0, 0.05) is 37.2 Å². The number of hydrogen-bond donors (Lipinski definition) is 1. The Labute approximate surface area is 188 Å². The zero-order valence-electron chi connectivity index (χ0n) is 19.3. The molecule has 0 aliphatic carbocycles. The fourth-order valence-corrected chi connectivity index (χ4v) is 4.35. The number of fused-ring (bicyclic) bond motifs is 1. The fourth-order valence-electron chi connectivity index (χ4n) is 4.35. The lowest BCUT2D eigenvalue weighted by atomic mass is 10.0. The topological polar surface area (TPSA) is 80.1 Å². The number of amides is 2. The predicted octanol–water partition coefficient (Wildman–Crippen LogP) is 4.12. The first-order valence-electron chi connectivity index (χ1n) is 11.4. The molecular weight excluding hydrogens is 402 g/mol. The number of carbonyl (C=O) groups excluding carboxylic acids is 2. The number of pyridine rings is 1. The number of benzene rings is 1. The molecule has 0 radical (unpaired) electrons. The molecule has 7 nitrogen and oxygen atoms in total. The van der Waals surface area contributed by atoms with Crippen LogP contribution in [0.5, 0.6) is 0 Å². The van der Waals surface area contributed by atoms with Gasteiger partial charge in [-0.15, -0.1) is 0 Å². The molecular formula is C25H31N5O2. The first kappa shape index (κ1) is 22.0. The van der Waals surface area contributed by atoms with Crippen LogP contribution < -0.4 is 5.32 Å². The van der Waals surface area contributed by atoms with Gasteiger partial charge in [-0.25, -0.2) is 9.67 Å². The van der Waals surface area contributed by atoms with Crippen molar-refractivity contribution in [3.05, 3.63) is 47.7 Å². The SMILES string of the molecule is CCC(=O)NC1CCCN(C(=O)c2cc(-c3ccccc3C)nc3c2cnn3C(C)C)C1. The van der Waals surface area contributed by atoms with E-state index in [1.54, 1.807) is 6.20 Å². The molecule has 1 aromatic carbocycles. The lowest BCUT2D eigenvalue weighted by Crippen LogP contribution is -2.49. The van der Waals surface area contributed by atoms with Crippen LogP contribution in [-0.4, -0.2) is 50.6 Å². The van der Waals surface area contributed by atoms with Gasteiger partial charge < -0.3 is 10.2 Å². The second-order valence-electron chi connectivity index (χ2n) is 8.80. The van der Waals surface area contributed by atoms with Crippen molar-refractivity contribution >= 4 is 22.8 Å². The van der Waals surface area contributed by atoms with Gasteiger partial charge in [-0.3, -0.25) is 9.59 Å². The molecule has 1 unspecified atom stereocenters. The molecule has 168 valence electrons. The van der Waals surface area contributed by atoms with E-state index < -0.39 is 0 Å². The Morgan fingerprint density at radius 2 is 2.03 bits per heavy atom. The van der Waals surface area contributed by atoms with Gasteiger partial charge >= 0.3 is 0 Å². The summed E-state index contributed by atoms with van der Waals surface area (Å²) in [7, 11) is 0. The summed E-state index contributed by atoms with van der Waals surface area (Å²) in [6, 6.07) is 10.1. The Hall–Kier alpha value is -3.22. The molecule has 1 aliphatic heterocycles. The van der Waals surface area contributed by atoms with E-state index in [0.29, 0.717) is 25.1 Å².